The van der Waals surface area contributed by atoms with Crippen molar-refractivity contribution in [3.63, 3.8) is 0 Å². The lowest BCUT2D eigenvalue weighted by Gasteiger charge is -2.16. The van der Waals surface area contributed by atoms with Gasteiger partial charge < -0.3 is 10.6 Å². The molecule has 8 nitrogen and oxygen atoms in total. The van der Waals surface area contributed by atoms with Crippen LogP contribution in [0.5, 0.6) is 0 Å². The lowest BCUT2D eigenvalue weighted by Crippen LogP contribution is -2.20. The molecule has 0 bridgehead atoms. The Bertz CT molecular complexity index is 1310. The maximum absolute atomic E-state index is 12.2. The Morgan fingerprint density at radius 3 is 2.59 bits per heavy atom. The number of fused-ring (bicyclic) bond motifs is 1. The molecule has 0 unspecified atom stereocenters. The maximum atomic E-state index is 12.2. The highest BCUT2D eigenvalue weighted by Gasteiger charge is 2.16. The molecule has 32 heavy (non-hydrogen) atoms. The number of carbonyl (C=O) groups is 1. The van der Waals surface area contributed by atoms with Crippen molar-refractivity contribution < 1.29 is 4.79 Å². The Morgan fingerprint density at radius 2 is 1.84 bits per heavy atom. The van der Waals surface area contributed by atoms with Crippen LogP contribution < -0.4 is 10.6 Å². The van der Waals surface area contributed by atoms with E-state index < -0.39 is 0 Å². The summed E-state index contributed by atoms with van der Waals surface area (Å²) in [5.74, 6) is 0.559. The number of nitrogens with one attached hydrogen (secondary N) is 2. The van der Waals surface area contributed by atoms with E-state index in [4.69, 9.17) is 5.26 Å². The topological polar surface area (TPSA) is 116 Å². The molecule has 0 aliphatic heterocycles. The normalized spacial score (nSPS) is 11.5. The van der Waals surface area contributed by atoms with E-state index in [0.717, 1.165) is 27.7 Å². The van der Waals surface area contributed by atoms with Crippen LogP contribution in [-0.2, 0) is 0 Å². The van der Waals surface area contributed by atoms with Crippen molar-refractivity contribution in [3.05, 3.63) is 78.0 Å². The molecular weight excluding hydrogens is 402 g/mol. The standard InChI is InChI=1S/C24H21N7O/c1-15(18-4-3-5-19-22(18)30-14-31-23(19)24(32)26-2)12-27-21-10-20(28-13-29-21)17-8-6-16(11-25)7-9-17/h3-10,13-15H,12H2,1-2H3,(H,26,32)(H,27,28,29)/t15-/m1/s1. The summed E-state index contributed by atoms with van der Waals surface area (Å²) >= 11 is 0. The Morgan fingerprint density at radius 1 is 1.06 bits per heavy atom. The SMILES string of the molecule is CNC(=O)c1ncnc2c([C@H](C)CNc3cc(-c4ccc(C#N)cc4)ncn3)cccc12. The summed E-state index contributed by atoms with van der Waals surface area (Å²) in [5.41, 5.74) is 4.43. The molecule has 0 radical (unpaired) electrons. The number of anilines is 1. The van der Waals surface area contributed by atoms with Gasteiger partial charge >= 0.3 is 0 Å². The van der Waals surface area contributed by atoms with Crippen LogP contribution in [0.15, 0.2) is 61.2 Å². The quantitative estimate of drug-likeness (QED) is 0.487. The van der Waals surface area contributed by atoms with Gasteiger partial charge in [-0.2, -0.15) is 5.26 Å². The van der Waals surface area contributed by atoms with Crippen molar-refractivity contribution in [2.75, 3.05) is 18.9 Å². The molecule has 158 valence electrons. The van der Waals surface area contributed by atoms with Gasteiger partial charge in [0.05, 0.1) is 22.8 Å². The Labute approximate surface area is 185 Å². The maximum Gasteiger partial charge on any atom is 0.270 e. The highest BCUT2D eigenvalue weighted by Crippen LogP contribution is 2.26. The zero-order valence-electron chi connectivity index (χ0n) is 17.7. The van der Waals surface area contributed by atoms with Crippen LogP contribution in [0.4, 0.5) is 5.82 Å². The summed E-state index contributed by atoms with van der Waals surface area (Å²) in [6, 6.07) is 17.0. The Kier molecular flexibility index (Phi) is 5.99. The molecule has 0 fully saturated rings. The fourth-order valence-electron chi connectivity index (χ4n) is 3.50. The van der Waals surface area contributed by atoms with Crippen molar-refractivity contribution in [3.8, 4) is 17.3 Å². The molecule has 0 saturated carbocycles. The van der Waals surface area contributed by atoms with Gasteiger partial charge in [-0.25, -0.2) is 19.9 Å². The molecule has 4 rings (SSSR count). The molecule has 0 aliphatic carbocycles. The summed E-state index contributed by atoms with van der Waals surface area (Å²) in [5, 5.41) is 15.7. The predicted octanol–water partition coefficient (Wildman–Crippen LogP) is 3.53. The van der Waals surface area contributed by atoms with Crippen LogP contribution in [0.3, 0.4) is 0 Å². The first-order chi connectivity index (χ1) is 15.6. The van der Waals surface area contributed by atoms with Gasteiger partial charge in [-0.3, -0.25) is 4.79 Å². The zero-order chi connectivity index (χ0) is 22.5. The lowest BCUT2D eigenvalue weighted by molar-refractivity contribution is 0.0960. The van der Waals surface area contributed by atoms with E-state index in [9.17, 15) is 4.79 Å². The van der Waals surface area contributed by atoms with Crippen molar-refractivity contribution in [2.24, 2.45) is 0 Å². The largest absolute Gasteiger partial charge is 0.369 e. The van der Waals surface area contributed by atoms with Gasteiger partial charge in [0.15, 0.2) is 0 Å². The molecule has 0 saturated heterocycles. The fraction of sp³-hybridized carbons (Fsp3) is 0.167. The van der Waals surface area contributed by atoms with Gasteiger partial charge in [0, 0.05) is 36.5 Å². The molecule has 8 heteroatoms. The van der Waals surface area contributed by atoms with E-state index in [2.05, 4.69) is 43.6 Å². The second kappa shape index (κ2) is 9.18. The molecule has 2 heterocycles. The third-order valence-electron chi connectivity index (χ3n) is 5.24. The summed E-state index contributed by atoms with van der Waals surface area (Å²) in [4.78, 5) is 29.4. The lowest BCUT2D eigenvalue weighted by atomic mass is 9.97. The number of hydrogen-bond donors (Lipinski definition) is 2. The number of aromatic nitrogens is 4. The molecule has 4 aromatic rings. The molecule has 0 aliphatic rings. The minimum Gasteiger partial charge on any atom is -0.369 e. The van der Waals surface area contributed by atoms with Crippen molar-refractivity contribution in [1.82, 2.24) is 25.3 Å². The van der Waals surface area contributed by atoms with E-state index in [1.54, 1.807) is 19.2 Å². The van der Waals surface area contributed by atoms with Gasteiger partial charge in [0.25, 0.3) is 5.91 Å². The highest BCUT2D eigenvalue weighted by molar-refractivity contribution is 6.04. The predicted molar refractivity (Wildman–Crippen MR) is 122 cm³/mol. The van der Waals surface area contributed by atoms with E-state index >= 15 is 0 Å². The van der Waals surface area contributed by atoms with Gasteiger partial charge in [-0.1, -0.05) is 37.3 Å². The number of hydrogen-bond acceptors (Lipinski definition) is 7. The summed E-state index contributed by atoms with van der Waals surface area (Å²) in [6.45, 7) is 2.70. The van der Waals surface area contributed by atoms with Crippen LogP contribution in [-0.4, -0.2) is 39.4 Å². The summed E-state index contributed by atoms with van der Waals surface area (Å²) in [6.07, 6.45) is 2.94. The number of carbonyl (C=O) groups excluding carboxylic acids is 1. The number of nitriles is 1. The van der Waals surface area contributed by atoms with Crippen LogP contribution >= 0.6 is 0 Å². The van der Waals surface area contributed by atoms with E-state index in [0.29, 0.717) is 23.6 Å². The monoisotopic (exact) mass is 423 g/mol. The molecule has 0 spiro atoms. The molecular formula is C24H21N7O. The van der Waals surface area contributed by atoms with Crippen LogP contribution in [0, 0.1) is 11.3 Å². The number of rotatable bonds is 6. The van der Waals surface area contributed by atoms with Crippen molar-refractivity contribution in [2.45, 2.75) is 12.8 Å². The number of nitrogens with zero attached hydrogens (tertiary/aromatic N) is 5. The Balaban J connectivity index is 1.54. The number of para-hydroxylation sites is 1. The van der Waals surface area contributed by atoms with Crippen molar-refractivity contribution >= 4 is 22.6 Å². The molecule has 1 amide bonds. The molecule has 2 aromatic carbocycles. The van der Waals surface area contributed by atoms with Crippen LogP contribution in [0.2, 0.25) is 0 Å². The first-order valence-corrected chi connectivity index (χ1v) is 10.1. The first-order valence-electron chi connectivity index (χ1n) is 10.1. The number of amides is 1. The average molecular weight is 423 g/mol. The first kappa shape index (κ1) is 20.9. The van der Waals surface area contributed by atoms with E-state index in [1.807, 2.05) is 36.4 Å². The minimum absolute atomic E-state index is 0.0967. The molecule has 1 atom stereocenters. The molecule has 2 N–H and O–H groups in total. The Hall–Kier alpha value is -4.38. The summed E-state index contributed by atoms with van der Waals surface area (Å²) in [7, 11) is 1.58. The van der Waals surface area contributed by atoms with Gasteiger partial charge in [-0.05, 0) is 17.7 Å². The second-order valence-electron chi connectivity index (χ2n) is 7.30. The smallest absolute Gasteiger partial charge is 0.270 e. The fourth-order valence-corrected chi connectivity index (χ4v) is 3.50. The third-order valence-corrected chi connectivity index (χ3v) is 5.24. The highest BCUT2D eigenvalue weighted by atomic mass is 16.1. The van der Waals surface area contributed by atoms with E-state index in [-0.39, 0.29) is 11.8 Å². The third kappa shape index (κ3) is 4.23. The number of benzene rings is 2. The molecule has 2 aromatic heterocycles. The van der Waals surface area contributed by atoms with Gasteiger partial charge in [-0.15, -0.1) is 0 Å². The average Bonchev–Trinajstić information content (AvgIpc) is 2.86. The van der Waals surface area contributed by atoms with Crippen LogP contribution in [0.25, 0.3) is 22.2 Å². The summed E-state index contributed by atoms with van der Waals surface area (Å²) < 4.78 is 0. The van der Waals surface area contributed by atoms with Gasteiger partial charge in [0.2, 0.25) is 0 Å². The second-order valence-corrected chi connectivity index (χ2v) is 7.30. The van der Waals surface area contributed by atoms with Crippen molar-refractivity contribution in [1.29, 1.82) is 5.26 Å². The van der Waals surface area contributed by atoms with Gasteiger partial charge in [0.1, 0.15) is 24.2 Å². The van der Waals surface area contributed by atoms with E-state index in [1.165, 1.54) is 12.7 Å². The minimum atomic E-state index is -0.239. The zero-order valence-corrected chi connectivity index (χ0v) is 17.7. The van der Waals surface area contributed by atoms with Crippen LogP contribution in [0.1, 0.15) is 34.5 Å².